The zero-order valence-corrected chi connectivity index (χ0v) is 10.7. The molecule has 1 aromatic rings. The Hall–Kier alpha value is -1.60. The molecule has 18 heavy (non-hydrogen) atoms. The molecular weight excluding hydrogens is 224 g/mol. The van der Waals surface area contributed by atoms with Crippen molar-refractivity contribution < 1.29 is 0 Å². The first-order valence-corrected chi connectivity index (χ1v) is 6.65. The molecule has 94 valence electrons. The van der Waals surface area contributed by atoms with Crippen LogP contribution in [-0.4, -0.2) is 41.6 Å². The van der Waals surface area contributed by atoms with Crippen LogP contribution in [0, 0.1) is 11.3 Å². The lowest BCUT2D eigenvalue weighted by Gasteiger charge is -2.43. The predicted octanol–water partition coefficient (Wildman–Crippen LogP) is 1.63. The summed E-state index contributed by atoms with van der Waals surface area (Å²) >= 11 is 0. The van der Waals surface area contributed by atoms with Crippen LogP contribution in [0.15, 0.2) is 18.3 Å². The van der Waals surface area contributed by atoms with Gasteiger partial charge in [0, 0.05) is 31.4 Å². The Morgan fingerprint density at radius 3 is 3.17 bits per heavy atom. The van der Waals surface area contributed by atoms with Crippen LogP contribution in [0.5, 0.6) is 0 Å². The molecule has 0 N–H and O–H groups in total. The van der Waals surface area contributed by atoms with Gasteiger partial charge in [0.2, 0.25) is 0 Å². The lowest BCUT2D eigenvalue weighted by atomic mass is 10.1. The quantitative estimate of drug-likeness (QED) is 0.750. The number of pyridine rings is 1. The number of anilines is 1. The Kier molecular flexibility index (Phi) is 2.92. The molecular formula is C14H18N4. The number of fused-ring (bicyclic) bond motifs is 1. The minimum absolute atomic E-state index is 0.473. The van der Waals surface area contributed by atoms with Crippen LogP contribution in [0.25, 0.3) is 0 Å². The SMILES string of the molecule is CC1CN2CCCC2CN1c1cc(C#N)ccn1. The predicted molar refractivity (Wildman–Crippen MR) is 70.4 cm³/mol. The Balaban J connectivity index is 1.84. The van der Waals surface area contributed by atoms with Crippen molar-refractivity contribution in [1.29, 1.82) is 5.26 Å². The van der Waals surface area contributed by atoms with E-state index in [-0.39, 0.29) is 0 Å². The van der Waals surface area contributed by atoms with E-state index in [1.54, 1.807) is 12.3 Å². The number of rotatable bonds is 1. The highest BCUT2D eigenvalue weighted by Crippen LogP contribution is 2.27. The number of piperazine rings is 1. The normalized spacial score (nSPS) is 27.9. The summed E-state index contributed by atoms with van der Waals surface area (Å²) in [6.45, 7) is 5.65. The third kappa shape index (κ3) is 1.95. The van der Waals surface area contributed by atoms with Gasteiger partial charge in [-0.3, -0.25) is 4.90 Å². The molecule has 0 radical (unpaired) electrons. The van der Waals surface area contributed by atoms with Crippen LogP contribution in [0.2, 0.25) is 0 Å². The van der Waals surface area contributed by atoms with Gasteiger partial charge < -0.3 is 4.90 Å². The standard InChI is InChI=1S/C14H18N4/c1-11-9-17-6-2-3-13(17)10-18(11)14-7-12(8-15)4-5-16-14/h4-5,7,11,13H,2-3,6,9-10H2,1H3. The van der Waals surface area contributed by atoms with Crippen molar-refractivity contribution in [2.75, 3.05) is 24.5 Å². The number of hydrogen-bond donors (Lipinski definition) is 0. The third-order valence-corrected chi connectivity index (χ3v) is 4.11. The van der Waals surface area contributed by atoms with E-state index in [0.29, 0.717) is 17.6 Å². The molecule has 0 aromatic carbocycles. The van der Waals surface area contributed by atoms with Crippen LogP contribution in [-0.2, 0) is 0 Å². The molecule has 0 bridgehead atoms. The van der Waals surface area contributed by atoms with E-state index in [2.05, 4.69) is 27.8 Å². The van der Waals surface area contributed by atoms with Crippen LogP contribution in [0.3, 0.4) is 0 Å². The first-order valence-electron chi connectivity index (χ1n) is 6.65. The third-order valence-electron chi connectivity index (χ3n) is 4.11. The highest BCUT2D eigenvalue weighted by Gasteiger charge is 2.34. The van der Waals surface area contributed by atoms with Crippen molar-refractivity contribution in [3.05, 3.63) is 23.9 Å². The molecule has 2 fully saturated rings. The second kappa shape index (κ2) is 4.58. The average molecular weight is 242 g/mol. The molecule has 0 saturated carbocycles. The second-order valence-corrected chi connectivity index (χ2v) is 5.31. The van der Waals surface area contributed by atoms with Crippen LogP contribution >= 0.6 is 0 Å². The van der Waals surface area contributed by atoms with Crippen LogP contribution in [0.1, 0.15) is 25.3 Å². The molecule has 2 atom stereocenters. The minimum atomic E-state index is 0.473. The molecule has 4 nitrogen and oxygen atoms in total. The lowest BCUT2D eigenvalue weighted by molar-refractivity contribution is 0.202. The number of nitriles is 1. The van der Waals surface area contributed by atoms with Gasteiger partial charge in [0.1, 0.15) is 5.82 Å². The largest absolute Gasteiger partial charge is 0.351 e. The summed E-state index contributed by atoms with van der Waals surface area (Å²) < 4.78 is 0. The van der Waals surface area contributed by atoms with Gasteiger partial charge in [-0.05, 0) is 38.4 Å². The number of hydrogen-bond acceptors (Lipinski definition) is 4. The zero-order chi connectivity index (χ0) is 12.5. The van der Waals surface area contributed by atoms with Crippen molar-refractivity contribution in [3.63, 3.8) is 0 Å². The van der Waals surface area contributed by atoms with E-state index in [4.69, 9.17) is 5.26 Å². The maximum absolute atomic E-state index is 8.97. The van der Waals surface area contributed by atoms with Gasteiger partial charge in [-0.15, -0.1) is 0 Å². The van der Waals surface area contributed by atoms with Gasteiger partial charge in [-0.25, -0.2) is 4.98 Å². The number of aromatic nitrogens is 1. The van der Waals surface area contributed by atoms with Gasteiger partial charge in [-0.1, -0.05) is 0 Å². The minimum Gasteiger partial charge on any atom is -0.351 e. The summed E-state index contributed by atoms with van der Waals surface area (Å²) in [6.07, 6.45) is 4.35. The van der Waals surface area contributed by atoms with Crippen molar-refractivity contribution in [3.8, 4) is 6.07 Å². The summed E-state index contributed by atoms with van der Waals surface area (Å²) in [7, 11) is 0. The maximum Gasteiger partial charge on any atom is 0.130 e. The molecule has 2 aliphatic heterocycles. The molecule has 2 saturated heterocycles. The maximum atomic E-state index is 8.97. The average Bonchev–Trinajstić information content (AvgIpc) is 2.85. The van der Waals surface area contributed by atoms with Crippen molar-refractivity contribution in [1.82, 2.24) is 9.88 Å². The Morgan fingerprint density at radius 1 is 1.44 bits per heavy atom. The first-order chi connectivity index (χ1) is 8.78. The van der Waals surface area contributed by atoms with E-state index in [1.165, 1.54) is 19.4 Å². The summed E-state index contributed by atoms with van der Waals surface area (Å²) in [5, 5.41) is 8.97. The zero-order valence-electron chi connectivity index (χ0n) is 10.7. The molecule has 3 heterocycles. The van der Waals surface area contributed by atoms with E-state index in [0.717, 1.165) is 18.9 Å². The molecule has 2 aliphatic rings. The van der Waals surface area contributed by atoms with E-state index in [9.17, 15) is 0 Å². The molecule has 0 spiro atoms. The Bertz CT molecular complexity index is 479. The van der Waals surface area contributed by atoms with Gasteiger partial charge in [0.15, 0.2) is 0 Å². The fourth-order valence-electron chi connectivity index (χ4n) is 3.15. The van der Waals surface area contributed by atoms with Crippen molar-refractivity contribution in [2.45, 2.75) is 31.8 Å². The fraction of sp³-hybridized carbons (Fsp3) is 0.571. The van der Waals surface area contributed by atoms with Crippen molar-refractivity contribution in [2.24, 2.45) is 0 Å². The first kappa shape index (κ1) is 11.5. The molecule has 3 rings (SSSR count). The highest BCUT2D eigenvalue weighted by molar-refractivity contribution is 5.46. The van der Waals surface area contributed by atoms with Crippen molar-refractivity contribution >= 4 is 5.82 Å². The fourth-order valence-corrected chi connectivity index (χ4v) is 3.15. The highest BCUT2D eigenvalue weighted by atomic mass is 15.3. The Labute approximate surface area is 108 Å². The molecule has 2 unspecified atom stereocenters. The molecule has 4 heteroatoms. The molecule has 1 aromatic heterocycles. The van der Waals surface area contributed by atoms with E-state index < -0.39 is 0 Å². The molecule has 0 aliphatic carbocycles. The van der Waals surface area contributed by atoms with Gasteiger partial charge in [0.05, 0.1) is 11.6 Å². The topological polar surface area (TPSA) is 43.2 Å². The monoisotopic (exact) mass is 242 g/mol. The summed E-state index contributed by atoms with van der Waals surface area (Å²) in [5.41, 5.74) is 0.695. The number of nitrogens with zero attached hydrogens (tertiary/aromatic N) is 4. The summed E-state index contributed by atoms with van der Waals surface area (Å²) in [5.74, 6) is 0.952. The second-order valence-electron chi connectivity index (χ2n) is 5.31. The van der Waals surface area contributed by atoms with E-state index in [1.807, 2.05) is 6.07 Å². The Morgan fingerprint density at radius 2 is 2.33 bits per heavy atom. The summed E-state index contributed by atoms with van der Waals surface area (Å²) in [4.78, 5) is 9.38. The lowest BCUT2D eigenvalue weighted by Crippen LogP contribution is -2.55. The van der Waals surface area contributed by atoms with Crippen LogP contribution in [0.4, 0.5) is 5.82 Å². The van der Waals surface area contributed by atoms with Gasteiger partial charge >= 0.3 is 0 Å². The van der Waals surface area contributed by atoms with Gasteiger partial charge in [-0.2, -0.15) is 5.26 Å². The smallest absolute Gasteiger partial charge is 0.130 e. The van der Waals surface area contributed by atoms with Gasteiger partial charge in [0.25, 0.3) is 0 Å². The van der Waals surface area contributed by atoms with Crippen LogP contribution < -0.4 is 4.90 Å². The summed E-state index contributed by atoms with van der Waals surface area (Å²) in [6, 6.07) is 7.01. The molecule has 0 amide bonds. The van der Waals surface area contributed by atoms with E-state index >= 15 is 0 Å².